The lowest BCUT2D eigenvalue weighted by atomic mass is 10.0. The molecule has 198 valence electrons. The Labute approximate surface area is 243 Å². The first-order valence-corrected chi connectivity index (χ1v) is 15.5. The van der Waals surface area contributed by atoms with E-state index in [1.807, 2.05) is 12.1 Å². The molecule has 0 bridgehead atoms. The normalized spacial score (nSPS) is 12.0. The van der Waals surface area contributed by atoms with E-state index in [0.717, 1.165) is 43.9 Å². The van der Waals surface area contributed by atoms with E-state index in [0.29, 0.717) is 0 Å². The number of rotatable bonds is 6. The molecule has 1 aromatic heterocycles. The van der Waals surface area contributed by atoms with E-state index < -0.39 is 0 Å². The molecule has 2 nitrogen and oxygen atoms in total. The van der Waals surface area contributed by atoms with Crippen LogP contribution < -0.4 is 4.90 Å². The minimum absolute atomic E-state index is 0.169. The summed E-state index contributed by atoms with van der Waals surface area (Å²) >= 11 is 0. The van der Waals surface area contributed by atoms with Gasteiger partial charge in [0.1, 0.15) is 5.58 Å². The maximum absolute atomic E-state index is 6.71. The summed E-state index contributed by atoms with van der Waals surface area (Å²) in [6, 6.07) is 51.3. The average molecular weight is 548 g/mol. The van der Waals surface area contributed by atoms with Crippen LogP contribution in [0.1, 0.15) is 0 Å². The summed E-state index contributed by atoms with van der Waals surface area (Å²) in [4.78, 5) is 3.44. The van der Waals surface area contributed by atoms with Gasteiger partial charge in [-0.2, -0.15) is 10.5 Å². The highest BCUT2D eigenvalue weighted by Crippen LogP contribution is 2.44. The monoisotopic (exact) mass is 547 g/mol. The van der Waals surface area contributed by atoms with Crippen LogP contribution in [0.15, 0.2) is 155 Å². The maximum atomic E-state index is 6.71. The molecule has 0 spiro atoms. The van der Waals surface area contributed by atoms with Crippen molar-refractivity contribution >= 4 is 55.4 Å². The first-order valence-electron chi connectivity index (χ1n) is 13.7. The Morgan fingerprint density at radius 2 is 0.951 bits per heavy atom. The van der Waals surface area contributed by atoms with E-state index in [2.05, 4.69) is 150 Å². The molecule has 0 fully saturated rings. The summed E-state index contributed by atoms with van der Waals surface area (Å²) in [6.07, 6.45) is 2.14. The fraction of sp³-hybridized carbons (Fsp3) is 0.0263. The van der Waals surface area contributed by atoms with Gasteiger partial charge in [-0.1, -0.05) is 115 Å². The van der Waals surface area contributed by atoms with Gasteiger partial charge in [-0.05, 0) is 64.9 Å². The van der Waals surface area contributed by atoms with Crippen LogP contribution in [0.4, 0.5) is 17.1 Å². The van der Waals surface area contributed by atoms with Gasteiger partial charge in [0.25, 0.3) is 0 Å². The predicted octanol–water partition coefficient (Wildman–Crippen LogP) is 11.1. The van der Waals surface area contributed by atoms with Crippen molar-refractivity contribution in [2.45, 2.75) is 4.90 Å². The van der Waals surface area contributed by atoms with Crippen molar-refractivity contribution in [3.8, 4) is 22.3 Å². The minimum atomic E-state index is -0.169. The summed E-state index contributed by atoms with van der Waals surface area (Å²) in [6.45, 7) is 0. The topological polar surface area (TPSA) is 16.4 Å². The van der Waals surface area contributed by atoms with Gasteiger partial charge in [-0.25, -0.2) is 0 Å². The highest BCUT2D eigenvalue weighted by Gasteiger charge is 2.20. The highest BCUT2D eigenvalue weighted by molar-refractivity contribution is 8.13. The quantitative estimate of drug-likeness (QED) is 0.193. The second-order valence-electron chi connectivity index (χ2n) is 10.2. The van der Waals surface area contributed by atoms with Crippen LogP contribution in [0, 0.1) is 0 Å². The zero-order chi connectivity index (χ0) is 27.8. The molecule has 0 aliphatic heterocycles. The largest absolute Gasteiger partial charge is 0.453 e. The summed E-state index contributed by atoms with van der Waals surface area (Å²) < 4.78 is 6.71. The van der Waals surface area contributed by atoms with Crippen LogP contribution in [-0.4, -0.2) is 12.1 Å². The molecule has 0 saturated heterocycles. The number of anilines is 3. The maximum Gasteiger partial charge on any atom is 0.159 e. The molecule has 1 unspecified atom stereocenters. The third kappa shape index (κ3) is 4.65. The van der Waals surface area contributed by atoms with E-state index in [4.69, 9.17) is 4.42 Å². The standard InChI is InChI=1S/C38H29NOS/c1-41(2)36-18-10-16-34-33-15-9-17-35(37(33)40-38(34)36)39(31-23-19-29(20-24-31)27-11-5-3-6-12-27)32-25-21-30(22-26-32)28-13-7-4-8-14-28/h3-26H,1H2,2H3. The number of nitrogens with zero attached hydrogens (tertiary/aromatic N) is 1. The smallest absolute Gasteiger partial charge is 0.159 e. The molecule has 0 radical (unpaired) electrons. The Bertz CT molecular complexity index is 1910. The van der Waals surface area contributed by atoms with E-state index in [1.54, 1.807) is 0 Å². The zero-order valence-corrected chi connectivity index (χ0v) is 23.6. The van der Waals surface area contributed by atoms with Crippen LogP contribution in [0.3, 0.4) is 0 Å². The van der Waals surface area contributed by atoms with Gasteiger partial charge in [0.05, 0.1) is 5.69 Å². The summed E-state index contributed by atoms with van der Waals surface area (Å²) in [5.74, 6) is 4.31. The van der Waals surface area contributed by atoms with E-state index in [-0.39, 0.29) is 10.5 Å². The Morgan fingerprint density at radius 3 is 1.46 bits per heavy atom. The number of furan rings is 1. The van der Waals surface area contributed by atoms with E-state index in [1.165, 1.54) is 22.3 Å². The van der Waals surface area contributed by atoms with Crippen molar-refractivity contribution in [1.82, 2.24) is 0 Å². The Morgan fingerprint density at radius 1 is 0.488 bits per heavy atom. The van der Waals surface area contributed by atoms with Crippen LogP contribution in [0.25, 0.3) is 44.2 Å². The first-order chi connectivity index (χ1) is 20.2. The average Bonchev–Trinajstić information content (AvgIpc) is 3.42. The Balaban J connectivity index is 1.41. The van der Waals surface area contributed by atoms with Crippen LogP contribution in [-0.2, 0) is 0 Å². The van der Waals surface area contributed by atoms with Crippen molar-refractivity contribution in [3.05, 3.63) is 146 Å². The molecular weight excluding hydrogens is 518 g/mol. The third-order valence-electron chi connectivity index (χ3n) is 7.55. The SMILES string of the molecule is C=S(C)c1cccc2c1oc1c(N(c3ccc(-c4ccccc4)cc3)c3ccc(-c4ccccc4)cc3)cccc12. The Hall–Kier alpha value is -4.86. The van der Waals surface area contributed by atoms with Gasteiger partial charge < -0.3 is 9.32 Å². The summed E-state index contributed by atoms with van der Waals surface area (Å²) in [5.41, 5.74) is 9.71. The van der Waals surface area contributed by atoms with Gasteiger partial charge in [0.2, 0.25) is 0 Å². The molecular formula is C38H29NOS. The van der Waals surface area contributed by atoms with Crippen LogP contribution in [0.2, 0.25) is 0 Å². The van der Waals surface area contributed by atoms with Gasteiger partial charge in [0, 0.05) is 27.0 Å². The molecule has 0 aliphatic carbocycles. The van der Waals surface area contributed by atoms with E-state index >= 15 is 0 Å². The fourth-order valence-corrected chi connectivity index (χ4v) is 6.30. The van der Waals surface area contributed by atoms with Crippen LogP contribution in [0.5, 0.6) is 0 Å². The molecule has 7 rings (SSSR count). The van der Waals surface area contributed by atoms with Crippen molar-refractivity contribution in [2.24, 2.45) is 0 Å². The summed E-state index contributed by atoms with van der Waals surface area (Å²) in [5, 5.41) is 2.23. The third-order valence-corrected chi connectivity index (χ3v) is 8.62. The van der Waals surface area contributed by atoms with Gasteiger partial charge >= 0.3 is 0 Å². The van der Waals surface area contributed by atoms with Gasteiger partial charge in [0.15, 0.2) is 5.58 Å². The lowest BCUT2D eigenvalue weighted by Crippen LogP contribution is -2.10. The molecule has 0 aliphatic rings. The molecule has 1 heterocycles. The number of para-hydroxylation sites is 2. The number of benzene rings is 6. The zero-order valence-electron chi connectivity index (χ0n) is 22.8. The van der Waals surface area contributed by atoms with Gasteiger partial charge in [-0.15, -0.1) is 0 Å². The Kier molecular flexibility index (Phi) is 6.50. The molecule has 1 atom stereocenters. The molecule has 0 N–H and O–H groups in total. The molecule has 0 amide bonds. The lowest BCUT2D eigenvalue weighted by molar-refractivity contribution is 0.660. The molecule has 3 heteroatoms. The first kappa shape index (κ1) is 25.1. The van der Waals surface area contributed by atoms with Crippen molar-refractivity contribution < 1.29 is 4.42 Å². The fourth-order valence-electron chi connectivity index (χ4n) is 5.52. The second kappa shape index (κ2) is 10.6. The number of hydrogen-bond acceptors (Lipinski definition) is 2. The number of hydrogen-bond donors (Lipinski definition) is 0. The molecule has 0 saturated carbocycles. The molecule has 7 aromatic rings. The molecule has 41 heavy (non-hydrogen) atoms. The predicted molar refractivity (Wildman–Crippen MR) is 178 cm³/mol. The number of fused-ring (bicyclic) bond motifs is 3. The van der Waals surface area contributed by atoms with Crippen molar-refractivity contribution in [2.75, 3.05) is 11.2 Å². The second-order valence-corrected chi connectivity index (χ2v) is 11.9. The summed E-state index contributed by atoms with van der Waals surface area (Å²) in [7, 11) is -0.169. The highest BCUT2D eigenvalue weighted by atomic mass is 32.2. The van der Waals surface area contributed by atoms with E-state index in [9.17, 15) is 0 Å². The minimum Gasteiger partial charge on any atom is -0.453 e. The molecule has 6 aromatic carbocycles. The van der Waals surface area contributed by atoms with Crippen molar-refractivity contribution in [1.29, 1.82) is 0 Å². The van der Waals surface area contributed by atoms with Crippen LogP contribution >= 0.6 is 10.5 Å². The van der Waals surface area contributed by atoms with Crippen molar-refractivity contribution in [3.63, 3.8) is 0 Å². The lowest BCUT2D eigenvalue weighted by Gasteiger charge is -2.26. The van der Waals surface area contributed by atoms with Gasteiger partial charge in [-0.3, -0.25) is 0 Å².